The molecule has 3 aromatic rings. The third-order valence-corrected chi connectivity index (χ3v) is 6.28. The molecular weight excluding hydrogens is 366 g/mol. The summed E-state index contributed by atoms with van der Waals surface area (Å²) in [5.41, 5.74) is 0.394. The monoisotopic (exact) mass is 383 g/mol. The molecule has 0 saturated carbocycles. The van der Waals surface area contributed by atoms with Crippen molar-refractivity contribution < 1.29 is 22.7 Å². The van der Waals surface area contributed by atoms with Crippen LogP contribution in [0.15, 0.2) is 71.6 Å². The zero-order chi connectivity index (χ0) is 19.0. The van der Waals surface area contributed by atoms with Gasteiger partial charge in [-0.05, 0) is 35.0 Å². The fourth-order valence-corrected chi connectivity index (χ4v) is 4.65. The molecule has 1 atom stereocenters. The predicted octanol–water partition coefficient (Wildman–Crippen LogP) is 2.97. The lowest BCUT2D eigenvalue weighted by Gasteiger charge is -2.34. The van der Waals surface area contributed by atoms with Crippen LogP contribution in [0.5, 0.6) is 5.75 Å². The smallest absolute Gasteiger partial charge is 0.348 e. The number of nitrogens with zero attached hydrogens (tertiary/aromatic N) is 1. The van der Waals surface area contributed by atoms with Crippen LogP contribution < -0.4 is 9.04 Å². The number of benzene rings is 3. The van der Waals surface area contributed by atoms with Crippen molar-refractivity contribution >= 4 is 32.5 Å². The molecule has 4 rings (SSSR count). The summed E-state index contributed by atoms with van der Waals surface area (Å²) in [7, 11) is -2.65. The summed E-state index contributed by atoms with van der Waals surface area (Å²) >= 11 is 0. The summed E-state index contributed by atoms with van der Waals surface area (Å²) in [5, 5.41) is 1.77. The minimum Gasteiger partial charge on any atom is -0.475 e. The van der Waals surface area contributed by atoms with Crippen LogP contribution >= 0.6 is 0 Å². The first-order valence-corrected chi connectivity index (χ1v) is 9.80. The number of fused-ring (bicyclic) bond motifs is 2. The van der Waals surface area contributed by atoms with Gasteiger partial charge in [-0.2, -0.15) is 0 Å². The molecule has 0 aromatic heterocycles. The second-order valence-corrected chi connectivity index (χ2v) is 8.00. The molecule has 0 spiro atoms. The first-order valence-electron chi connectivity index (χ1n) is 8.36. The normalized spacial score (nSPS) is 16.5. The van der Waals surface area contributed by atoms with Crippen molar-refractivity contribution in [2.24, 2.45) is 0 Å². The van der Waals surface area contributed by atoms with Gasteiger partial charge in [0, 0.05) is 0 Å². The van der Waals surface area contributed by atoms with Gasteiger partial charge in [0.1, 0.15) is 5.75 Å². The third-order valence-electron chi connectivity index (χ3n) is 4.51. The second-order valence-electron chi connectivity index (χ2n) is 6.14. The van der Waals surface area contributed by atoms with Crippen molar-refractivity contribution in [1.29, 1.82) is 0 Å². The Hall–Kier alpha value is -3.06. The van der Waals surface area contributed by atoms with Gasteiger partial charge in [-0.15, -0.1) is 0 Å². The Kier molecular flexibility index (Phi) is 4.24. The van der Waals surface area contributed by atoms with E-state index in [0.717, 1.165) is 10.8 Å². The quantitative estimate of drug-likeness (QED) is 0.650. The topological polar surface area (TPSA) is 72.9 Å². The van der Waals surface area contributed by atoms with E-state index < -0.39 is 22.1 Å². The van der Waals surface area contributed by atoms with Gasteiger partial charge in [0.05, 0.1) is 24.2 Å². The molecular formula is C20H17NO5S. The van der Waals surface area contributed by atoms with Gasteiger partial charge >= 0.3 is 5.97 Å². The number of ether oxygens (including phenoxy) is 2. The van der Waals surface area contributed by atoms with Crippen LogP contribution in [0.25, 0.3) is 10.8 Å². The highest BCUT2D eigenvalue weighted by molar-refractivity contribution is 7.92. The lowest BCUT2D eigenvalue weighted by Crippen LogP contribution is -2.47. The Balaban J connectivity index is 1.82. The van der Waals surface area contributed by atoms with Crippen LogP contribution in [-0.4, -0.2) is 34.1 Å². The molecule has 6 nitrogen and oxygen atoms in total. The number of anilines is 1. The average Bonchev–Trinajstić information content (AvgIpc) is 2.71. The molecule has 1 aliphatic heterocycles. The number of hydrogen-bond acceptors (Lipinski definition) is 5. The Morgan fingerprint density at radius 1 is 1.04 bits per heavy atom. The van der Waals surface area contributed by atoms with Crippen molar-refractivity contribution in [3.05, 3.63) is 66.7 Å². The summed E-state index contributed by atoms with van der Waals surface area (Å²) in [4.78, 5) is 12.1. The van der Waals surface area contributed by atoms with Crippen LogP contribution in [0, 0.1) is 0 Å². The number of carbonyl (C=O) groups is 1. The van der Waals surface area contributed by atoms with E-state index >= 15 is 0 Å². The van der Waals surface area contributed by atoms with E-state index in [1.165, 1.54) is 11.4 Å². The largest absolute Gasteiger partial charge is 0.475 e. The second kappa shape index (κ2) is 6.59. The molecule has 0 N–H and O–H groups in total. The summed E-state index contributed by atoms with van der Waals surface area (Å²) in [6.45, 7) is -0.154. The fraction of sp³-hybridized carbons (Fsp3) is 0.150. The fourth-order valence-electron chi connectivity index (χ4n) is 3.14. The van der Waals surface area contributed by atoms with E-state index in [2.05, 4.69) is 0 Å². The molecule has 1 aliphatic rings. The zero-order valence-electron chi connectivity index (χ0n) is 14.5. The number of esters is 1. The Morgan fingerprint density at radius 3 is 2.52 bits per heavy atom. The number of carbonyl (C=O) groups excluding carboxylic acids is 1. The maximum absolute atomic E-state index is 13.4. The molecule has 0 fully saturated rings. The van der Waals surface area contributed by atoms with Gasteiger partial charge in [-0.3, -0.25) is 4.31 Å². The average molecular weight is 383 g/mol. The summed E-state index contributed by atoms with van der Waals surface area (Å²) < 4.78 is 38.3. The molecule has 138 valence electrons. The minimum atomic E-state index is -3.90. The molecule has 0 radical (unpaired) electrons. The lowest BCUT2D eigenvalue weighted by molar-refractivity contribution is -0.148. The summed E-state index contributed by atoms with van der Waals surface area (Å²) in [6, 6.07) is 19.2. The van der Waals surface area contributed by atoms with E-state index in [-0.39, 0.29) is 11.4 Å². The van der Waals surface area contributed by atoms with Crippen molar-refractivity contribution in [2.45, 2.75) is 11.0 Å². The highest BCUT2D eigenvalue weighted by Crippen LogP contribution is 2.37. The number of para-hydroxylation sites is 2. The molecule has 0 saturated heterocycles. The highest BCUT2D eigenvalue weighted by atomic mass is 32.2. The lowest BCUT2D eigenvalue weighted by atomic mass is 10.1. The van der Waals surface area contributed by atoms with Crippen molar-refractivity contribution in [3.8, 4) is 5.75 Å². The van der Waals surface area contributed by atoms with Crippen LogP contribution in [0.2, 0.25) is 0 Å². The van der Waals surface area contributed by atoms with E-state index in [0.29, 0.717) is 11.4 Å². The molecule has 0 amide bonds. The van der Waals surface area contributed by atoms with Gasteiger partial charge in [0.15, 0.2) is 0 Å². The first-order chi connectivity index (χ1) is 13.0. The van der Waals surface area contributed by atoms with Crippen LogP contribution in [0.3, 0.4) is 0 Å². The molecule has 0 bridgehead atoms. The van der Waals surface area contributed by atoms with E-state index in [1.807, 2.05) is 24.3 Å². The molecule has 3 aromatic carbocycles. The van der Waals surface area contributed by atoms with Crippen LogP contribution in [-0.2, 0) is 19.6 Å². The maximum atomic E-state index is 13.4. The van der Waals surface area contributed by atoms with Gasteiger partial charge in [0.2, 0.25) is 6.10 Å². The van der Waals surface area contributed by atoms with Crippen LogP contribution in [0.4, 0.5) is 5.69 Å². The predicted molar refractivity (Wildman–Crippen MR) is 101 cm³/mol. The molecule has 0 unspecified atom stereocenters. The van der Waals surface area contributed by atoms with Gasteiger partial charge in [0.25, 0.3) is 10.0 Å². The Labute approximate surface area is 157 Å². The van der Waals surface area contributed by atoms with E-state index in [1.54, 1.807) is 42.5 Å². The van der Waals surface area contributed by atoms with Gasteiger partial charge < -0.3 is 9.47 Å². The molecule has 7 heteroatoms. The SMILES string of the molecule is COC(=O)[C@@H]1CN(S(=O)(=O)c2ccc3ccccc3c2)c2ccccc2O1. The Morgan fingerprint density at radius 2 is 1.74 bits per heavy atom. The third kappa shape index (κ3) is 3.00. The molecule has 27 heavy (non-hydrogen) atoms. The summed E-state index contributed by atoms with van der Waals surface area (Å²) in [6.07, 6.45) is -1.03. The number of rotatable bonds is 3. The number of hydrogen-bond donors (Lipinski definition) is 0. The molecule has 0 aliphatic carbocycles. The van der Waals surface area contributed by atoms with Crippen molar-refractivity contribution in [2.75, 3.05) is 18.0 Å². The standard InChI is InChI=1S/C20H17NO5S/c1-25-20(22)19-13-21(17-8-4-5-9-18(17)26-19)27(23,24)16-11-10-14-6-2-3-7-15(14)12-16/h2-12,19H,13H2,1H3/t19-/m0/s1. The first kappa shape index (κ1) is 17.4. The zero-order valence-corrected chi connectivity index (χ0v) is 15.3. The minimum absolute atomic E-state index is 0.154. The van der Waals surface area contributed by atoms with Gasteiger partial charge in [-0.25, -0.2) is 13.2 Å². The van der Waals surface area contributed by atoms with Crippen molar-refractivity contribution in [3.63, 3.8) is 0 Å². The summed E-state index contributed by atoms with van der Waals surface area (Å²) in [5.74, 6) is -0.299. The highest BCUT2D eigenvalue weighted by Gasteiger charge is 2.38. The maximum Gasteiger partial charge on any atom is 0.348 e. The number of sulfonamides is 1. The van der Waals surface area contributed by atoms with Gasteiger partial charge in [-0.1, -0.05) is 42.5 Å². The Bertz CT molecular complexity index is 1130. The van der Waals surface area contributed by atoms with E-state index in [9.17, 15) is 13.2 Å². The molecule has 1 heterocycles. The van der Waals surface area contributed by atoms with E-state index in [4.69, 9.17) is 9.47 Å². The van der Waals surface area contributed by atoms with Crippen LogP contribution in [0.1, 0.15) is 0 Å². The van der Waals surface area contributed by atoms with Crippen molar-refractivity contribution in [1.82, 2.24) is 0 Å². The number of methoxy groups -OCH3 is 1.